The van der Waals surface area contributed by atoms with Gasteiger partial charge in [-0.3, -0.25) is 4.79 Å². The normalized spacial score (nSPS) is 10.3. The van der Waals surface area contributed by atoms with Crippen molar-refractivity contribution in [3.63, 3.8) is 0 Å². The Labute approximate surface area is 114 Å². The van der Waals surface area contributed by atoms with Gasteiger partial charge < -0.3 is 9.73 Å². The Morgan fingerprint density at radius 2 is 2.22 bits per heavy atom. The summed E-state index contributed by atoms with van der Waals surface area (Å²) in [6.07, 6.45) is 5.01. The Hall–Kier alpha value is -1.55. The number of aryl methyl sites for hydroxylation is 1. The van der Waals surface area contributed by atoms with E-state index < -0.39 is 0 Å². The van der Waals surface area contributed by atoms with Crippen LogP contribution in [0.15, 0.2) is 47.3 Å². The maximum Gasteiger partial charge on any atom is 0.258 e. The lowest BCUT2D eigenvalue weighted by molar-refractivity contribution is 0.102. The summed E-state index contributed by atoms with van der Waals surface area (Å²) in [5, 5.41) is 3.84. The molecule has 2 rings (SSSR count). The SMILES string of the molecule is O=C(Nc1cccc(CCCBr)c1)c1ccoc1. The van der Waals surface area contributed by atoms with Crippen LogP contribution in [-0.4, -0.2) is 11.2 Å². The standard InChI is InChI=1S/C14H14BrNO2/c15-7-2-4-11-3-1-5-13(9-11)16-14(17)12-6-8-18-10-12/h1,3,5-6,8-10H,2,4,7H2,(H,16,17). The molecule has 1 aromatic heterocycles. The molecule has 1 N–H and O–H groups in total. The zero-order valence-corrected chi connectivity index (χ0v) is 11.4. The van der Waals surface area contributed by atoms with E-state index in [2.05, 4.69) is 27.3 Å². The molecule has 0 aliphatic rings. The highest BCUT2D eigenvalue weighted by atomic mass is 79.9. The molecule has 0 radical (unpaired) electrons. The highest BCUT2D eigenvalue weighted by Crippen LogP contribution is 2.14. The van der Waals surface area contributed by atoms with Gasteiger partial charge in [0.25, 0.3) is 5.91 Å². The van der Waals surface area contributed by atoms with E-state index in [-0.39, 0.29) is 5.91 Å². The third kappa shape index (κ3) is 3.47. The number of benzene rings is 1. The zero-order valence-electron chi connectivity index (χ0n) is 9.86. The first-order valence-corrected chi connectivity index (χ1v) is 6.90. The van der Waals surface area contributed by atoms with Crippen molar-refractivity contribution in [1.29, 1.82) is 0 Å². The van der Waals surface area contributed by atoms with Gasteiger partial charge in [-0.25, -0.2) is 0 Å². The minimum absolute atomic E-state index is 0.151. The highest BCUT2D eigenvalue weighted by molar-refractivity contribution is 9.09. The molecule has 0 saturated carbocycles. The van der Waals surface area contributed by atoms with Gasteiger partial charge in [0.05, 0.1) is 11.8 Å². The van der Waals surface area contributed by atoms with Gasteiger partial charge in [0.2, 0.25) is 0 Å². The second-order valence-electron chi connectivity index (χ2n) is 3.96. The number of alkyl halides is 1. The van der Waals surface area contributed by atoms with Crippen molar-refractivity contribution < 1.29 is 9.21 Å². The molecule has 0 saturated heterocycles. The smallest absolute Gasteiger partial charge is 0.258 e. The number of amides is 1. The molecule has 0 aliphatic carbocycles. The molecule has 1 heterocycles. The molecule has 0 unspecified atom stereocenters. The van der Waals surface area contributed by atoms with Gasteiger partial charge in [-0.1, -0.05) is 28.1 Å². The number of rotatable bonds is 5. The molecule has 4 heteroatoms. The Bertz CT molecular complexity index is 508. The summed E-state index contributed by atoms with van der Waals surface area (Å²) in [7, 11) is 0. The number of anilines is 1. The fourth-order valence-electron chi connectivity index (χ4n) is 1.67. The van der Waals surface area contributed by atoms with Gasteiger partial charge in [0.1, 0.15) is 6.26 Å². The predicted octanol–water partition coefficient (Wildman–Crippen LogP) is 3.86. The van der Waals surface area contributed by atoms with Gasteiger partial charge in [-0.05, 0) is 36.6 Å². The topological polar surface area (TPSA) is 42.2 Å². The predicted molar refractivity (Wildman–Crippen MR) is 75.2 cm³/mol. The van der Waals surface area contributed by atoms with E-state index in [9.17, 15) is 4.79 Å². The van der Waals surface area contributed by atoms with E-state index in [1.807, 2.05) is 18.2 Å². The Balaban J connectivity index is 2.03. The molecule has 94 valence electrons. The van der Waals surface area contributed by atoms with E-state index in [4.69, 9.17) is 4.42 Å². The minimum atomic E-state index is -0.151. The van der Waals surface area contributed by atoms with E-state index in [1.165, 1.54) is 18.1 Å². The first-order chi connectivity index (χ1) is 8.79. The molecule has 1 aromatic carbocycles. The quantitative estimate of drug-likeness (QED) is 0.852. The van der Waals surface area contributed by atoms with Crippen LogP contribution in [0.3, 0.4) is 0 Å². The number of nitrogens with one attached hydrogen (secondary N) is 1. The van der Waals surface area contributed by atoms with Crippen LogP contribution in [0.25, 0.3) is 0 Å². The Morgan fingerprint density at radius 3 is 2.94 bits per heavy atom. The van der Waals surface area contributed by atoms with Crippen LogP contribution >= 0.6 is 15.9 Å². The van der Waals surface area contributed by atoms with Crippen LogP contribution in [0.4, 0.5) is 5.69 Å². The van der Waals surface area contributed by atoms with E-state index in [1.54, 1.807) is 6.07 Å². The van der Waals surface area contributed by atoms with Crippen LogP contribution in [0.1, 0.15) is 22.3 Å². The third-order valence-corrected chi connectivity index (χ3v) is 3.13. The summed E-state index contributed by atoms with van der Waals surface area (Å²) < 4.78 is 4.88. The Kier molecular flexibility index (Phi) is 4.59. The maximum absolute atomic E-state index is 11.8. The second kappa shape index (κ2) is 6.40. The largest absolute Gasteiger partial charge is 0.472 e. The van der Waals surface area contributed by atoms with E-state index in [0.717, 1.165) is 23.9 Å². The average molecular weight is 308 g/mol. The van der Waals surface area contributed by atoms with Gasteiger partial charge in [-0.2, -0.15) is 0 Å². The Morgan fingerprint density at radius 1 is 1.33 bits per heavy atom. The minimum Gasteiger partial charge on any atom is -0.472 e. The van der Waals surface area contributed by atoms with Crippen LogP contribution in [0.5, 0.6) is 0 Å². The number of halogens is 1. The molecule has 0 spiro atoms. The maximum atomic E-state index is 11.8. The molecule has 2 aromatic rings. The van der Waals surface area contributed by atoms with Crippen LogP contribution in [0.2, 0.25) is 0 Å². The van der Waals surface area contributed by atoms with Gasteiger partial charge >= 0.3 is 0 Å². The highest BCUT2D eigenvalue weighted by Gasteiger charge is 2.07. The molecular weight excluding hydrogens is 294 g/mol. The van der Waals surface area contributed by atoms with Crippen molar-refractivity contribution in [2.24, 2.45) is 0 Å². The molecule has 1 amide bonds. The van der Waals surface area contributed by atoms with Gasteiger partial charge in [0.15, 0.2) is 0 Å². The van der Waals surface area contributed by atoms with Crippen LogP contribution in [0, 0.1) is 0 Å². The van der Waals surface area contributed by atoms with Crippen molar-refractivity contribution in [3.05, 3.63) is 54.0 Å². The van der Waals surface area contributed by atoms with Crippen molar-refractivity contribution in [1.82, 2.24) is 0 Å². The van der Waals surface area contributed by atoms with Crippen LogP contribution < -0.4 is 5.32 Å². The second-order valence-corrected chi connectivity index (χ2v) is 4.75. The summed E-state index contributed by atoms with van der Waals surface area (Å²) in [5.41, 5.74) is 2.56. The molecule has 0 aliphatic heterocycles. The zero-order chi connectivity index (χ0) is 12.8. The summed E-state index contributed by atoms with van der Waals surface area (Å²) in [5.74, 6) is -0.151. The molecule has 0 bridgehead atoms. The fourth-order valence-corrected chi connectivity index (χ4v) is 1.95. The molecule has 0 atom stereocenters. The van der Waals surface area contributed by atoms with Crippen molar-refractivity contribution in [3.8, 4) is 0 Å². The average Bonchev–Trinajstić information content (AvgIpc) is 2.91. The summed E-state index contributed by atoms with van der Waals surface area (Å²) in [4.78, 5) is 11.8. The number of furan rings is 1. The van der Waals surface area contributed by atoms with E-state index >= 15 is 0 Å². The lowest BCUT2D eigenvalue weighted by Crippen LogP contribution is -2.10. The van der Waals surface area contributed by atoms with Crippen molar-refractivity contribution in [2.45, 2.75) is 12.8 Å². The summed E-state index contributed by atoms with van der Waals surface area (Å²) in [6, 6.07) is 9.55. The van der Waals surface area contributed by atoms with E-state index in [0.29, 0.717) is 5.56 Å². The number of carbonyl (C=O) groups excluding carboxylic acids is 1. The first-order valence-electron chi connectivity index (χ1n) is 5.78. The fraction of sp³-hybridized carbons (Fsp3) is 0.214. The molecule has 18 heavy (non-hydrogen) atoms. The summed E-state index contributed by atoms with van der Waals surface area (Å²) >= 11 is 3.41. The third-order valence-electron chi connectivity index (χ3n) is 2.57. The first kappa shape index (κ1) is 12.9. The molecular formula is C14H14BrNO2. The lowest BCUT2D eigenvalue weighted by Gasteiger charge is -2.06. The lowest BCUT2D eigenvalue weighted by atomic mass is 10.1. The summed E-state index contributed by atoms with van der Waals surface area (Å²) in [6.45, 7) is 0. The molecule has 0 fully saturated rings. The van der Waals surface area contributed by atoms with Crippen molar-refractivity contribution in [2.75, 3.05) is 10.6 Å². The van der Waals surface area contributed by atoms with Gasteiger partial charge in [0, 0.05) is 11.0 Å². The monoisotopic (exact) mass is 307 g/mol. The van der Waals surface area contributed by atoms with Crippen molar-refractivity contribution >= 4 is 27.5 Å². The molecule has 3 nitrogen and oxygen atoms in total. The van der Waals surface area contributed by atoms with Gasteiger partial charge in [-0.15, -0.1) is 0 Å². The number of hydrogen-bond acceptors (Lipinski definition) is 2. The number of carbonyl (C=O) groups is 1. The van der Waals surface area contributed by atoms with Crippen LogP contribution in [-0.2, 0) is 6.42 Å². The number of hydrogen-bond donors (Lipinski definition) is 1.